The number of benzene rings is 3. The first kappa shape index (κ1) is 17.7. The van der Waals surface area contributed by atoms with Gasteiger partial charge in [0.05, 0.1) is 5.48 Å². The van der Waals surface area contributed by atoms with Gasteiger partial charge in [-0.1, -0.05) is 61.0 Å². The maximum absolute atomic E-state index is 9.16. The molecule has 39 heavy (non-hydrogen) atoms. The fourth-order valence-corrected chi connectivity index (χ4v) is 6.26. The molecule has 3 aromatic carbocycles. The van der Waals surface area contributed by atoms with Crippen molar-refractivity contribution in [1.82, 2.24) is 4.98 Å². The SMILES string of the molecule is [2H]C1=C([2H])C([2H])C([2H])C(c2[c-]cccc2)=N1.[2H]c1c(C([2H])([2H])[2H])cnc(-c2[c-]ccc3c2sc2c(C4([2H])CCCCC4)cccc23)c1[2H].[Ir]. The molecule has 2 aliphatic rings. The number of thiophene rings is 1. The Bertz CT molecular complexity index is 2050. The Kier molecular flexibility index (Phi) is 5.89. The summed E-state index contributed by atoms with van der Waals surface area (Å²) in [4.78, 5) is 8.19. The summed E-state index contributed by atoms with van der Waals surface area (Å²) in [5.74, 6) is -0.586. The van der Waals surface area contributed by atoms with Crippen LogP contribution in [0.3, 0.4) is 0 Å². The van der Waals surface area contributed by atoms with Crippen molar-refractivity contribution in [3.8, 4) is 11.3 Å². The van der Waals surface area contributed by atoms with Crippen LogP contribution in [0.15, 0.2) is 90.1 Å². The van der Waals surface area contributed by atoms with Crippen LogP contribution >= 0.6 is 11.3 Å². The van der Waals surface area contributed by atoms with Crippen molar-refractivity contribution in [3.05, 3.63) is 114 Å². The Morgan fingerprint density at radius 2 is 1.90 bits per heavy atom. The Hall–Kier alpha value is -2.91. The zero-order chi connectivity index (χ0) is 34.4. The van der Waals surface area contributed by atoms with Gasteiger partial charge >= 0.3 is 0 Å². The molecule has 2 atom stereocenters. The molecule has 0 spiro atoms. The van der Waals surface area contributed by atoms with E-state index in [0.717, 1.165) is 51.4 Å². The smallest absolute Gasteiger partial charge is 0.0826 e. The monoisotopic (exact) mass is 715 g/mol. The Labute approximate surface area is 263 Å². The van der Waals surface area contributed by atoms with Crippen LogP contribution in [0.25, 0.3) is 31.4 Å². The van der Waals surface area contributed by atoms with E-state index in [1.54, 1.807) is 41.7 Å². The average Bonchev–Trinajstić information content (AvgIpc) is 3.46. The third-order valence-corrected chi connectivity index (χ3v) is 7.99. The molecule has 5 aromatic rings. The normalized spacial score (nSPS) is 24.5. The summed E-state index contributed by atoms with van der Waals surface area (Å²) in [6.45, 7) is -2.48. The van der Waals surface area contributed by atoms with E-state index in [2.05, 4.69) is 34.2 Å². The molecule has 7 rings (SSSR count). The minimum absolute atomic E-state index is 0. The van der Waals surface area contributed by atoms with Crippen molar-refractivity contribution in [2.24, 2.45) is 4.99 Å². The molecule has 4 heteroatoms. The molecular formula is C35H32IrN2S-2. The number of aromatic nitrogens is 1. The molecule has 0 bridgehead atoms. The van der Waals surface area contributed by atoms with E-state index in [9.17, 15) is 0 Å². The molecule has 1 aliphatic carbocycles. The molecule has 2 nitrogen and oxygen atoms in total. The number of pyridine rings is 1. The Balaban J connectivity index is 0.000000233. The minimum atomic E-state index is -2.48. The third-order valence-electron chi connectivity index (χ3n) is 6.72. The molecule has 1 saturated carbocycles. The molecule has 2 aromatic heterocycles. The predicted molar refractivity (Wildman–Crippen MR) is 162 cm³/mol. The summed E-state index contributed by atoms with van der Waals surface area (Å²) in [6.07, 6.45) is 4.05. The van der Waals surface area contributed by atoms with E-state index < -0.39 is 25.5 Å². The van der Waals surface area contributed by atoms with Crippen molar-refractivity contribution in [2.75, 3.05) is 0 Å². The Morgan fingerprint density at radius 1 is 1.00 bits per heavy atom. The number of aliphatic imine (C=N–C) groups is 1. The Morgan fingerprint density at radius 3 is 2.74 bits per heavy atom. The molecule has 2 unspecified atom stereocenters. The summed E-state index contributed by atoms with van der Waals surface area (Å²) in [5, 5.41) is 2.08. The van der Waals surface area contributed by atoms with Gasteiger partial charge in [0.1, 0.15) is 0 Å². The molecule has 199 valence electrons. The van der Waals surface area contributed by atoms with Crippen LogP contribution in [0.4, 0.5) is 0 Å². The van der Waals surface area contributed by atoms with Gasteiger partial charge < -0.3 is 9.98 Å². The first-order valence-electron chi connectivity index (χ1n) is 17.9. The number of fused-ring (bicyclic) bond motifs is 3. The van der Waals surface area contributed by atoms with Crippen LogP contribution in [0.2, 0.25) is 0 Å². The summed E-state index contributed by atoms with van der Waals surface area (Å²) >= 11 is 1.58. The second-order valence-electron chi connectivity index (χ2n) is 9.18. The average molecular weight is 715 g/mol. The van der Waals surface area contributed by atoms with Gasteiger partial charge in [-0.3, -0.25) is 0 Å². The van der Waals surface area contributed by atoms with Gasteiger partial charge in [0.15, 0.2) is 0 Å². The van der Waals surface area contributed by atoms with Gasteiger partial charge in [-0.15, -0.1) is 59.7 Å². The van der Waals surface area contributed by atoms with Crippen LogP contribution in [-0.4, -0.2) is 10.7 Å². The van der Waals surface area contributed by atoms with Gasteiger partial charge in [0.2, 0.25) is 0 Å². The van der Waals surface area contributed by atoms with E-state index >= 15 is 0 Å². The molecule has 1 radical (unpaired) electrons. The number of aryl methyl sites for hydroxylation is 1. The first-order chi connectivity index (χ1) is 22.8. The van der Waals surface area contributed by atoms with Crippen LogP contribution in [0.1, 0.15) is 81.2 Å². The summed E-state index contributed by atoms with van der Waals surface area (Å²) in [7, 11) is 0. The molecule has 0 amide bonds. The van der Waals surface area contributed by atoms with Crippen molar-refractivity contribution in [2.45, 2.75) is 57.6 Å². The number of hydrogen-bond donors (Lipinski definition) is 0. The van der Waals surface area contributed by atoms with Gasteiger partial charge in [-0.25, -0.2) is 0 Å². The van der Waals surface area contributed by atoms with Gasteiger partial charge in [0.25, 0.3) is 0 Å². The maximum atomic E-state index is 9.16. The fourth-order valence-electron chi connectivity index (χ4n) is 4.90. The van der Waals surface area contributed by atoms with E-state index in [4.69, 9.17) is 13.7 Å². The standard InChI is InChI=1S/C24H22NS.C11H10N.Ir/c1-16-13-14-22(25-15-16)21-12-6-11-20-19-10-5-9-18(23(19)26-24(20)21)17-7-3-2-4-8-17;1-2-6-10(7-3-1)11-8-4-5-9-12-11;/h5-6,9-11,13-15,17H,2-4,7-8H2,1H3;1-3,5-6,9H,4,8H2;/q2*-1;/i1D3,13D,14D,17D;4D,5D,8D,9D;. The minimum Gasteiger partial charge on any atom is -0.309 e. The topological polar surface area (TPSA) is 25.2 Å². The quantitative estimate of drug-likeness (QED) is 0.171. The van der Waals surface area contributed by atoms with Crippen LogP contribution in [0.5, 0.6) is 0 Å². The number of rotatable bonds is 3. The van der Waals surface area contributed by atoms with Crippen molar-refractivity contribution < 1.29 is 33.8 Å². The maximum Gasteiger partial charge on any atom is 0.0826 e. The van der Waals surface area contributed by atoms with Crippen LogP contribution in [-0.2, 0) is 20.1 Å². The van der Waals surface area contributed by atoms with Gasteiger partial charge in [-0.2, -0.15) is 11.3 Å². The zero-order valence-corrected chi connectivity index (χ0v) is 24.3. The summed E-state index contributed by atoms with van der Waals surface area (Å²) in [6, 6.07) is 22.4. The molecule has 3 heterocycles. The van der Waals surface area contributed by atoms with Crippen LogP contribution in [0, 0.1) is 19.0 Å². The van der Waals surface area contributed by atoms with Crippen LogP contribution < -0.4 is 0 Å². The summed E-state index contributed by atoms with van der Waals surface area (Å²) in [5.41, 5.74) is 2.68. The van der Waals surface area contributed by atoms with E-state index in [0.29, 0.717) is 16.8 Å². The molecule has 1 fully saturated rings. The number of nitrogens with zero attached hydrogens (tertiary/aromatic N) is 2. The van der Waals surface area contributed by atoms with E-state index in [1.807, 2.05) is 12.1 Å². The largest absolute Gasteiger partial charge is 0.309 e. The van der Waals surface area contributed by atoms with E-state index in [1.165, 1.54) is 12.6 Å². The zero-order valence-electron chi connectivity index (χ0n) is 31.1. The molecule has 0 N–H and O–H groups in total. The van der Waals surface area contributed by atoms with Crippen molar-refractivity contribution >= 4 is 37.2 Å². The second-order valence-corrected chi connectivity index (χ2v) is 10.2. The number of allylic oxidation sites excluding steroid dienone is 1. The van der Waals surface area contributed by atoms with Gasteiger partial charge in [0, 0.05) is 45.4 Å². The molecule has 0 saturated heterocycles. The van der Waals surface area contributed by atoms with Gasteiger partial charge in [-0.05, 0) is 71.0 Å². The fraction of sp³-hybridized carbons (Fsp3) is 0.257. The first-order valence-corrected chi connectivity index (χ1v) is 13.5. The second kappa shape index (κ2) is 13.0. The molecular weight excluding hydrogens is 673 g/mol. The summed E-state index contributed by atoms with van der Waals surface area (Å²) < 4.78 is 81.0. The van der Waals surface area contributed by atoms with Crippen molar-refractivity contribution in [3.63, 3.8) is 0 Å². The molecule has 1 aliphatic heterocycles. The predicted octanol–water partition coefficient (Wildman–Crippen LogP) is 9.85. The number of hydrogen-bond acceptors (Lipinski definition) is 3. The third kappa shape index (κ3) is 6.14. The van der Waals surface area contributed by atoms with Crippen molar-refractivity contribution in [1.29, 1.82) is 0 Å². The van der Waals surface area contributed by atoms with E-state index in [-0.39, 0.29) is 55.7 Å².